The van der Waals surface area contributed by atoms with Gasteiger partial charge in [0.25, 0.3) is 0 Å². The summed E-state index contributed by atoms with van der Waals surface area (Å²) in [6.07, 6.45) is 1.96. The molecule has 0 spiro atoms. The van der Waals surface area contributed by atoms with E-state index < -0.39 is 16.1 Å². The highest BCUT2D eigenvalue weighted by Gasteiger charge is 2.30. The Kier molecular flexibility index (Phi) is 4.85. The van der Waals surface area contributed by atoms with Crippen molar-refractivity contribution in [1.29, 1.82) is 0 Å². The molecule has 0 aliphatic carbocycles. The number of piperidine rings is 1. The summed E-state index contributed by atoms with van der Waals surface area (Å²) >= 11 is 6.02. The minimum Gasteiger partial charge on any atom is -0.392 e. The number of sulfonamides is 1. The molecule has 2 N–H and O–H groups in total. The van der Waals surface area contributed by atoms with Gasteiger partial charge in [-0.05, 0) is 25.8 Å². The van der Waals surface area contributed by atoms with Gasteiger partial charge in [-0.15, -0.1) is 0 Å². The van der Waals surface area contributed by atoms with Crippen LogP contribution in [-0.2, 0) is 10.0 Å². The zero-order valence-electron chi connectivity index (χ0n) is 11.2. The molecule has 1 atom stereocenters. The fourth-order valence-electron chi connectivity index (χ4n) is 2.15. The monoisotopic (exact) mass is 319 g/mol. The number of aromatic nitrogens is 1. The van der Waals surface area contributed by atoms with Gasteiger partial charge in [-0.2, -0.15) is 4.31 Å². The lowest BCUT2D eigenvalue weighted by atomic mass is 10.1. The Labute approximate surface area is 123 Å². The van der Waals surface area contributed by atoms with Crippen molar-refractivity contribution in [3.63, 3.8) is 0 Å². The second-order valence-corrected chi connectivity index (χ2v) is 7.04. The number of nitrogens with one attached hydrogen (secondary N) is 1. The maximum atomic E-state index is 12.4. The summed E-state index contributed by atoms with van der Waals surface area (Å²) in [6, 6.07) is 1.39. The van der Waals surface area contributed by atoms with Gasteiger partial charge in [0.1, 0.15) is 10.7 Å². The molecule has 2 heterocycles. The van der Waals surface area contributed by atoms with E-state index in [9.17, 15) is 13.5 Å². The molecule has 20 heavy (non-hydrogen) atoms. The molecule has 1 aliphatic heterocycles. The van der Waals surface area contributed by atoms with Crippen LogP contribution in [0.5, 0.6) is 0 Å². The number of rotatable bonds is 4. The third kappa shape index (κ3) is 3.22. The van der Waals surface area contributed by atoms with Crippen molar-refractivity contribution in [2.75, 3.05) is 25.0 Å². The number of anilines is 1. The van der Waals surface area contributed by atoms with Crippen LogP contribution in [0.15, 0.2) is 17.2 Å². The maximum Gasteiger partial charge on any atom is 0.244 e. The van der Waals surface area contributed by atoms with Crippen LogP contribution in [0, 0.1) is 0 Å². The molecule has 2 rings (SSSR count). The van der Waals surface area contributed by atoms with Crippen LogP contribution in [-0.4, -0.2) is 48.6 Å². The van der Waals surface area contributed by atoms with Crippen molar-refractivity contribution in [3.05, 3.63) is 17.3 Å². The van der Waals surface area contributed by atoms with Crippen LogP contribution < -0.4 is 5.32 Å². The average Bonchev–Trinajstić information content (AvgIpc) is 2.41. The van der Waals surface area contributed by atoms with Crippen LogP contribution in [0.3, 0.4) is 0 Å². The molecule has 1 fully saturated rings. The van der Waals surface area contributed by atoms with Crippen molar-refractivity contribution in [1.82, 2.24) is 9.29 Å². The summed E-state index contributed by atoms with van der Waals surface area (Å²) in [6.45, 7) is 3.08. The number of aliphatic hydroxyl groups is 1. The second kappa shape index (κ2) is 6.26. The molecule has 6 nitrogen and oxygen atoms in total. The van der Waals surface area contributed by atoms with E-state index in [1.807, 2.05) is 6.92 Å². The Morgan fingerprint density at radius 2 is 2.35 bits per heavy atom. The Morgan fingerprint density at radius 1 is 1.60 bits per heavy atom. The van der Waals surface area contributed by atoms with E-state index in [1.165, 1.54) is 16.6 Å². The van der Waals surface area contributed by atoms with Gasteiger partial charge in [0.15, 0.2) is 0 Å². The molecule has 112 valence electrons. The summed E-state index contributed by atoms with van der Waals surface area (Å²) in [7, 11) is -3.65. The summed E-state index contributed by atoms with van der Waals surface area (Å²) in [4.78, 5) is 4.09. The molecule has 0 radical (unpaired) electrons. The van der Waals surface area contributed by atoms with Crippen LogP contribution in [0.1, 0.15) is 19.8 Å². The Bertz CT molecular complexity index is 579. The highest BCUT2D eigenvalue weighted by atomic mass is 35.5. The van der Waals surface area contributed by atoms with Crippen molar-refractivity contribution >= 4 is 27.4 Å². The summed E-state index contributed by atoms with van der Waals surface area (Å²) in [5, 5.41) is 12.8. The van der Waals surface area contributed by atoms with Gasteiger partial charge in [-0.3, -0.25) is 0 Å². The largest absolute Gasteiger partial charge is 0.392 e. The van der Waals surface area contributed by atoms with E-state index in [2.05, 4.69) is 10.3 Å². The smallest absolute Gasteiger partial charge is 0.244 e. The van der Waals surface area contributed by atoms with E-state index in [1.54, 1.807) is 0 Å². The molecule has 1 unspecified atom stereocenters. The summed E-state index contributed by atoms with van der Waals surface area (Å²) in [5.74, 6) is 0.465. The molecule has 0 aromatic carbocycles. The van der Waals surface area contributed by atoms with Gasteiger partial charge in [-0.25, -0.2) is 13.4 Å². The fraction of sp³-hybridized carbons (Fsp3) is 0.583. The maximum absolute atomic E-state index is 12.4. The van der Waals surface area contributed by atoms with Gasteiger partial charge >= 0.3 is 0 Å². The first kappa shape index (κ1) is 15.5. The number of nitrogens with zero attached hydrogens (tertiary/aromatic N) is 2. The third-order valence-electron chi connectivity index (χ3n) is 3.16. The lowest BCUT2D eigenvalue weighted by Crippen LogP contribution is -2.42. The highest BCUT2D eigenvalue weighted by Crippen LogP contribution is 2.26. The standard InChI is InChI=1S/C12H18ClN3O3S/c1-2-14-12-11(13)6-10(7-15-12)20(18,19)16-5-3-4-9(17)8-16/h6-7,9,17H,2-5,8H2,1H3,(H,14,15). The van der Waals surface area contributed by atoms with Gasteiger partial charge in [0, 0.05) is 25.8 Å². The van der Waals surface area contributed by atoms with Crippen LogP contribution >= 0.6 is 11.6 Å². The predicted molar refractivity (Wildman–Crippen MR) is 77.4 cm³/mol. The van der Waals surface area contributed by atoms with E-state index >= 15 is 0 Å². The number of aliphatic hydroxyl groups excluding tert-OH is 1. The molecule has 1 aromatic rings. The van der Waals surface area contributed by atoms with Crippen molar-refractivity contribution < 1.29 is 13.5 Å². The lowest BCUT2D eigenvalue weighted by molar-refractivity contribution is 0.108. The van der Waals surface area contributed by atoms with Gasteiger partial charge in [0.05, 0.1) is 11.1 Å². The first-order valence-corrected chi connectivity index (χ1v) is 8.34. The minimum atomic E-state index is -3.65. The van der Waals surface area contributed by atoms with E-state index in [4.69, 9.17) is 11.6 Å². The van der Waals surface area contributed by atoms with E-state index in [-0.39, 0.29) is 16.5 Å². The molecule has 1 aliphatic rings. The number of halogens is 1. The Morgan fingerprint density at radius 3 is 2.95 bits per heavy atom. The average molecular weight is 320 g/mol. The van der Waals surface area contributed by atoms with Crippen molar-refractivity contribution in [3.8, 4) is 0 Å². The number of hydrogen-bond acceptors (Lipinski definition) is 5. The summed E-state index contributed by atoms with van der Waals surface area (Å²) < 4.78 is 26.2. The molecule has 8 heteroatoms. The van der Waals surface area contributed by atoms with Crippen LogP contribution in [0.25, 0.3) is 0 Å². The van der Waals surface area contributed by atoms with Crippen LogP contribution in [0.2, 0.25) is 5.02 Å². The normalized spacial score (nSPS) is 20.9. The third-order valence-corrected chi connectivity index (χ3v) is 5.28. The number of hydrogen-bond donors (Lipinski definition) is 2. The van der Waals surface area contributed by atoms with Gasteiger partial charge < -0.3 is 10.4 Å². The fourth-order valence-corrected chi connectivity index (χ4v) is 3.93. The van der Waals surface area contributed by atoms with Crippen LogP contribution in [0.4, 0.5) is 5.82 Å². The number of β-amino-alcohol motifs (C(OH)–C–C–N with tert-alkyl or cyclic N) is 1. The van der Waals surface area contributed by atoms with E-state index in [0.717, 1.165) is 0 Å². The first-order chi connectivity index (χ1) is 9.45. The van der Waals surface area contributed by atoms with Crippen molar-refractivity contribution in [2.45, 2.75) is 30.8 Å². The predicted octanol–water partition coefficient (Wildman–Crippen LogP) is 1.31. The Balaban J connectivity index is 2.27. The zero-order valence-corrected chi connectivity index (χ0v) is 12.8. The van der Waals surface area contributed by atoms with E-state index in [0.29, 0.717) is 31.7 Å². The molecular weight excluding hydrogens is 302 g/mol. The molecule has 0 saturated carbocycles. The molecule has 1 saturated heterocycles. The number of pyridine rings is 1. The molecule has 0 amide bonds. The first-order valence-electron chi connectivity index (χ1n) is 6.52. The molecular formula is C12H18ClN3O3S. The zero-order chi connectivity index (χ0) is 14.8. The minimum absolute atomic E-state index is 0.0539. The SMILES string of the molecule is CCNc1ncc(S(=O)(=O)N2CCCC(O)C2)cc1Cl. The Hall–Kier alpha value is -0.890. The topological polar surface area (TPSA) is 82.5 Å². The summed E-state index contributed by atoms with van der Waals surface area (Å²) in [5.41, 5.74) is 0. The van der Waals surface area contributed by atoms with Gasteiger partial charge in [-0.1, -0.05) is 11.6 Å². The second-order valence-electron chi connectivity index (χ2n) is 4.69. The van der Waals surface area contributed by atoms with Crippen molar-refractivity contribution in [2.24, 2.45) is 0 Å². The molecule has 1 aromatic heterocycles. The quantitative estimate of drug-likeness (QED) is 0.874. The highest BCUT2D eigenvalue weighted by molar-refractivity contribution is 7.89. The molecule has 0 bridgehead atoms. The lowest BCUT2D eigenvalue weighted by Gasteiger charge is -2.29. The van der Waals surface area contributed by atoms with Gasteiger partial charge in [0.2, 0.25) is 10.0 Å².